The van der Waals surface area contributed by atoms with Gasteiger partial charge in [0.2, 0.25) is 5.60 Å². The Kier molecular flexibility index (Phi) is 3.26. The highest BCUT2D eigenvalue weighted by Gasteiger charge is 2.73. The fourth-order valence-electron chi connectivity index (χ4n) is 3.21. The van der Waals surface area contributed by atoms with E-state index in [-0.39, 0.29) is 0 Å². The van der Waals surface area contributed by atoms with Crippen LogP contribution in [0.15, 0.2) is 24.3 Å². The molecule has 0 radical (unpaired) electrons. The molecular formula is C17H21N3O. The van der Waals surface area contributed by atoms with Crippen LogP contribution in [0, 0.1) is 23.7 Å². The highest BCUT2D eigenvalue weighted by molar-refractivity contribution is 5.95. The Balaban J connectivity index is 1.88. The van der Waals surface area contributed by atoms with Gasteiger partial charge in [-0.25, -0.2) is 0 Å². The molecule has 4 heteroatoms. The van der Waals surface area contributed by atoms with Gasteiger partial charge < -0.3 is 9.64 Å². The average Bonchev–Trinajstić information content (AvgIpc) is 3.16. The van der Waals surface area contributed by atoms with E-state index >= 15 is 0 Å². The van der Waals surface area contributed by atoms with Gasteiger partial charge in [-0.2, -0.15) is 5.26 Å². The molecule has 2 aliphatic heterocycles. The lowest BCUT2D eigenvalue weighted by atomic mass is 9.86. The highest BCUT2D eigenvalue weighted by Crippen LogP contribution is 2.56. The Morgan fingerprint density at radius 3 is 2.43 bits per heavy atom. The highest BCUT2D eigenvalue weighted by atomic mass is 16.6. The zero-order chi connectivity index (χ0) is 15.1. The number of likely N-dealkylation sites (tertiary alicyclic amines) is 1. The summed E-state index contributed by atoms with van der Waals surface area (Å²) in [6.07, 6.45) is 3.38. The lowest BCUT2D eigenvalue weighted by molar-refractivity contribution is 0.289. The first-order valence-corrected chi connectivity index (χ1v) is 7.56. The molecule has 2 aliphatic rings. The monoisotopic (exact) mass is 283 g/mol. The number of aryl methyl sites for hydroxylation is 1. The molecule has 4 nitrogen and oxygen atoms in total. The minimum atomic E-state index is -1.13. The van der Waals surface area contributed by atoms with Crippen molar-refractivity contribution in [2.45, 2.75) is 44.3 Å². The first-order valence-electron chi connectivity index (χ1n) is 7.56. The summed E-state index contributed by atoms with van der Waals surface area (Å²) in [5.41, 5.74) is 0.317. The number of nitriles is 1. The van der Waals surface area contributed by atoms with Gasteiger partial charge >= 0.3 is 0 Å². The summed E-state index contributed by atoms with van der Waals surface area (Å²) in [5, 5.41) is 18.1. The number of nitrogens with one attached hydrogen (secondary N) is 1. The Morgan fingerprint density at radius 2 is 1.86 bits per heavy atom. The first-order chi connectivity index (χ1) is 10.0. The van der Waals surface area contributed by atoms with Crippen molar-refractivity contribution in [3.05, 3.63) is 35.4 Å². The lowest BCUT2D eigenvalue weighted by Gasteiger charge is -2.30. The quantitative estimate of drug-likeness (QED) is 0.515. The Hall–Kier alpha value is -1.86. The third-order valence-corrected chi connectivity index (χ3v) is 4.75. The van der Waals surface area contributed by atoms with Crippen LogP contribution in [-0.4, -0.2) is 29.4 Å². The minimum absolute atomic E-state index is 0.327. The zero-order valence-electron chi connectivity index (χ0n) is 12.6. The summed E-state index contributed by atoms with van der Waals surface area (Å²) in [4.78, 5) is 2.01. The van der Waals surface area contributed by atoms with Crippen molar-refractivity contribution >= 4 is 5.84 Å². The molecule has 0 aliphatic carbocycles. The second-order valence-electron chi connectivity index (χ2n) is 6.19. The minimum Gasteiger partial charge on any atom is -0.357 e. The van der Waals surface area contributed by atoms with Crippen molar-refractivity contribution in [3.63, 3.8) is 0 Å². The van der Waals surface area contributed by atoms with E-state index < -0.39 is 11.2 Å². The van der Waals surface area contributed by atoms with E-state index in [0.29, 0.717) is 5.84 Å². The van der Waals surface area contributed by atoms with Crippen LogP contribution in [0.25, 0.3) is 0 Å². The molecule has 110 valence electrons. The molecule has 0 amide bonds. The van der Waals surface area contributed by atoms with E-state index in [1.54, 1.807) is 0 Å². The van der Waals surface area contributed by atoms with Crippen LogP contribution in [0.1, 0.15) is 37.3 Å². The maximum atomic E-state index is 9.67. The predicted molar refractivity (Wildman–Crippen MR) is 81.1 cm³/mol. The number of rotatable bonds is 2. The second-order valence-corrected chi connectivity index (χ2v) is 6.19. The molecule has 2 fully saturated rings. The van der Waals surface area contributed by atoms with Gasteiger partial charge in [-0.3, -0.25) is 5.41 Å². The molecule has 0 aromatic heterocycles. The van der Waals surface area contributed by atoms with Crippen molar-refractivity contribution in [2.24, 2.45) is 0 Å². The number of benzene rings is 1. The fraction of sp³-hybridized carbons (Fsp3) is 0.529. The number of piperidine rings is 1. The van der Waals surface area contributed by atoms with E-state index in [1.807, 2.05) is 43.0 Å². The topological polar surface area (TPSA) is 63.4 Å². The van der Waals surface area contributed by atoms with Gasteiger partial charge in [-0.1, -0.05) is 29.8 Å². The van der Waals surface area contributed by atoms with Crippen molar-refractivity contribution in [1.29, 1.82) is 10.7 Å². The Labute approximate surface area is 125 Å². The van der Waals surface area contributed by atoms with E-state index in [0.717, 1.165) is 31.5 Å². The number of epoxide rings is 1. The van der Waals surface area contributed by atoms with E-state index in [4.69, 9.17) is 10.1 Å². The van der Waals surface area contributed by atoms with Gasteiger partial charge in [0, 0.05) is 13.1 Å². The fourth-order valence-corrected chi connectivity index (χ4v) is 3.21. The third-order valence-electron chi connectivity index (χ3n) is 4.75. The Bertz CT molecular complexity index is 597. The van der Waals surface area contributed by atoms with Crippen LogP contribution < -0.4 is 0 Å². The van der Waals surface area contributed by atoms with Crippen LogP contribution in [0.3, 0.4) is 0 Å². The number of hydrogen-bond acceptors (Lipinski definition) is 3. The van der Waals surface area contributed by atoms with Crippen LogP contribution in [0.5, 0.6) is 0 Å². The molecule has 21 heavy (non-hydrogen) atoms. The standard InChI is InChI=1S/C17H21N3O/c1-13-6-8-14(9-7-13)16(2)17(12-18,21-16)15(19)20-10-4-3-5-11-20/h6-9,19H,3-5,10-11H2,1-2H3/t16-,17+/m1/s1. The van der Waals surface area contributed by atoms with Crippen molar-refractivity contribution in [3.8, 4) is 6.07 Å². The van der Waals surface area contributed by atoms with Gasteiger partial charge in [0.15, 0.2) is 0 Å². The lowest BCUT2D eigenvalue weighted by Crippen LogP contribution is -2.45. The molecule has 1 aromatic carbocycles. The smallest absolute Gasteiger partial charge is 0.245 e. The SMILES string of the molecule is Cc1ccc([C@@]2(C)O[C@@]2(C#N)C(=N)N2CCCCC2)cc1. The number of nitrogens with zero attached hydrogens (tertiary/aromatic N) is 2. The molecule has 1 aromatic rings. The molecule has 0 unspecified atom stereocenters. The second kappa shape index (κ2) is 4.85. The van der Waals surface area contributed by atoms with Crippen molar-refractivity contribution in [2.75, 3.05) is 13.1 Å². The van der Waals surface area contributed by atoms with Crippen molar-refractivity contribution in [1.82, 2.24) is 4.90 Å². The molecule has 0 bridgehead atoms. The molecule has 3 rings (SSSR count). The molecule has 1 N–H and O–H groups in total. The summed E-state index contributed by atoms with van der Waals surface area (Å²) in [5.74, 6) is 0.327. The molecule has 2 atom stereocenters. The number of ether oxygens (including phenoxy) is 1. The summed E-state index contributed by atoms with van der Waals surface area (Å²) in [6.45, 7) is 5.66. The summed E-state index contributed by atoms with van der Waals surface area (Å²) in [6, 6.07) is 10.3. The summed E-state index contributed by atoms with van der Waals surface area (Å²) < 4.78 is 5.85. The summed E-state index contributed by atoms with van der Waals surface area (Å²) >= 11 is 0. The molecular weight excluding hydrogens is 262 g/mol. The molecule has 0 spiro atoms. The molecule has 2 saturated heterocycles. The predicted octanol–water partition coefficient (Wildman–Crippen LogP) is 2.97. The van der Waals surface area contributed by atoms with E-state index in [2.05, 4.69) is 6.07 Å². The van der Waals surface area contributed by atoms with Gasteiger partial charge in [0.05, 0.1) is 0 Å². The maximum absolute atomic E-state index is 9.67. The largest absolute Gasteiger partial charge is 0.357 e. The maximum Gasteiger partial charge on any atom is 0.245 e. The average molecular weight is 283 g/mol. The van der Waals surface area contributed by atoms with Crippen LogP contribution >= 0.6 is 0 Å². The van der Waals surface area contributed by atoms with Gasteiger partial charge in [-0.15, -0.1) is 0 Å². The third kappa shape index (κ3) is 2.04. The van der Waals surface area contributed by atoms with Crippen LogP contribution in [-0.2, 0) is 10.3 Å². The van der Waals surface area contributed by atoms with Gasteiger partial charge in [0.25, 0.3) is 0 Å². The zero-order valence-corrected chi connectivity index (χ0v) is 12.6. The van der Waals surface area contributed by atoms with Crippen molar-refractivity contribution < 1.29 is 4.74 Å². The molecule has 2 heterocycles. The summed E-state index contributed by atoms with van der Waals surface area (Å²) in [7, 11) is 0. The normalized spacial score (nSPS) is 31.6. The van der Waals surface area contributed by atoms with Gasteiger partial charge in [-0.05, 0) is 38.7 Å². The number of amidine groups is 1. The number of hydrogen-bond donors (Lipinski definition) is 1. The van der Waals surface area contributed by atoms with E-state index in [1.165, 1.54) is 12.0 Å². The van der Waals surface area contributed by atoms with Crippen LogP contribution in [0.2, 0.25) is 0 Å². The van der Waals surface area contributed by atoms with E-state index in [9.17, 15) is 5.26 Å². The first kappa shape index (κ1) is 14.1. The van der Waals surface area contributed by atoms with Gasteiger partial charge in [0.1, 0.15) is 17.5 Å². The molecule has 0 saturated carbocycles. The Morgan fingerprint density at radius 1 is 1.24 bits per heavy atom. The van der Waals surface area contributed by atoms with Crippen LogP contribution in [0.4, 0.5) is 0 Å².